The Morgan fingerprint density at radius 2 is 1.77 bits per heavy atom. The Balaban J connectivity index is 2.13. The van der Waals surface area contributed by atoms with E-state index in [2.05, 4.69) is 28.2 Å². The monoisotopic (exact) mass is 474 g/mol. The minimum Gasteiger partial charge on any atom is -0.493 e. The van der Waals surface area contributed by atoms with Gasteiger partial charge in [0.2, 0.25) is 0 Å². The molecule has 0 unspecified atom stereocenters. The number of anilines is 1. The molecule has 5 nitrogen and oxygen atoms in total. The highest BCUT2D eigenvalue weighted by molar-refractivity contribution is 9.10. The highest BCUT2D eigenvalue weighted by Crippen LogP contribution is 2.25. The molecule has 0 saturated heterocycles. The topological polar surface area (TPSA) is 58.6 Å². The van der Waals surface area contributed by atoms with Crippen molar-refractivity contribution in [3.8, 4) is 5.75 Å². The normalized spacial score (nSPS) is 10.5. The molecule has 0 aromatic heterocycles. The van der Waals surface area contributed by atoms with Crippen LogP contribution in [0.2, 0.25) is 0 Å². The first-order valence-electron chi connectivity index (χ1n) is 10.6. The van der Waals surface area contributed by atoms with E-state index in [1.807, 2.05) is 19.9 Å². The quantitative estimate of drug-likeness (QED) is 0.397. The van der Waals surface area contributed by atoms with E-state index in [0.29, 0.717) is 42.3 Å². The maximum Gasteiger partial charge on any atom is 0.259 e. The highest BCUT2D eigenvalue weighted by Gasteiger charge is 2.16. The molecule has 2 amide bonds. The van der Waals surface area contributed by atoms with Crippen molar-refractivity contribution in [3.63, 3.8) is 0 Å². The molecule has 0 aliphatic rings. The van der Waals surface area contributed by atoms with Crippen LogP contribution < -0.4 is 10.1 Å². The fourth-order valence-electron chi connectivity index (χ4n) is 3.14. The van der Waals surface area contributed by atoms with Crippen LogP contribution in [0.15, 0.2) is 46.9 Å². The van der Waals surface area contributed by atoms with E-state index in [0.717, 1.165) is 17.3 Å². The number of halogens is 1. The lowest BCUT2D eigenvalue weighted by Crippen LogP contribution is -2.30. The van der Waals surface area contributed by atoms with Crippen molar-refractivity contribution in [1.82, 2.24) is 4.90 Å². The first-order valence-corrected chi connectivity index (χ1v) is 11.4. The molecule has 2 aromatic carbocycles. The maximum atomic E-state index is 12.9. The number of amides is 2. The predicted octanol–water partition coefficient (Wildman–Crippen LogP) is 6.14. The summed E-state index contributed by atoms with van der Waals surface area (Å²) in [5, 5.41) is 2.90. The van der Waals surface area contributed by atoms with Crippen molar-refractivity contribution >= 4 is 33.4 Å². The zero-order chi connectivity index (χ0) is 21.9. The Morgan fingerprint density at radius 3 is 2.47 bits per heavy atom. The van der Waals surface area contributed by atoms with Crippen LogP contribution >= 0.6 is 15.9 Å². The summed E-state index contributed by atoms with van der Waals surface area (Å²) in [6.07, 6.45) is 4.42. The second-order valence-corrected chi connectivity index (χ2v) is 7.98. The SMILES string of the molecule is CCCCCCOc1ccc(Br)cc1C(=O)Nc1cccc(C(=O)N(CC)CC)c1. The van der Waals surface area contributed by atoms with Gasteiger partial charge in [-0.15, -0.1) is 0 Å². The number of rotatable bonds is 11. The van der Waals surface area contributed by atoms with Gasteiger partial charge in [0.1, 0.15) is 5.75 Å². The molecule has 30 heavy (non-hydrogen) atoms. The fourth-order valence-corrected chi connectivity index (χ4v) is 3.50. The minimum absolute atomic E-state index is 0.0466. The second kappa shape index (κ2) is 12.4. The zero-order valence-corrected chi connectivity index (χ0v) is 19.6. The van der Waals surface area contributed by atoms with E-state index in [1.54, 1.807) is 41.3 Å². The second-order valence-electron chi connectivity index (χ2n) is 7.06. The third-order valence-electron chi connectivity index (χ3n) is 4.86. The zero-order valence-electron chi connectivity index (χ0n) is 18.0. The van der Waals surface area contributed by atoms with E-state index in [1.165, 1.54) is 12.8 Å². The molecular formula is C24H31BrN2O3. The predicted molar refractivity (Wildman–Crippen MR) is 125 cm³/mol. The Morgan fingerprint density at radius 1 is 1.00 bits per heavy atom. The van der Waals surface area contributed by atoms with E-state index in [4.69, 9.17) is 4.74 Å². The standard InChI is InChI=1S/C24H31BrN2O3/c1-4-7-8-9-15-30-22-14-13-19(25)17-21(22)23(28)26-20-12-10-11-18(16-20)24(29)27(5-2)6-3/h10-14,16-17H,4-9,15H2,1-3H3,(H,26,28). The molecule has 2 rings (SSSR count). The van der Waals surface area contributed by atoms with Gasteiger partial charge >= 0.3 is 0 Å². The summed E-state index contributed by atoms with van der Waals surface area (Å²) in [5.41, 5.74) is 1.59. The van der Waals surface area contributed by atoms with Gasteiger partial charge in [-0.05, 0) is 56.7 Å². The van der Waals surface area contributed by atoms with Crippen molar-refractivity contribution in [1.29, 1.82) is 0 Å². The van der Waals surface area contributed by atoms with Gasteiger partial charge in [-0.25, -0.2) is 0 Å². The summed E-state index contributed by atoms with van der Waals surface area (Å²) >= 11 is 3.43. The summed E-state index contributed by atoms with van der Waals surface area (Å²) in [6.45, 7) is 7.93. The van der Waals surface area contributed by atoms with Crippen LogP contribution in [0, 0.1) is 0 Å². The molecule has 0 atom stereocenters. The summed E-state index contributed by atoms with van der Waals surface area (Å²) in [7, 11) is 0. The van der Waals surface area contributed by atoms with Gasteiger partial charge in [0.15, 0.2) is 0 Å². The maximum absolute atomic E-state index is 12.9. The number of ether oxygens (including phenoxy) is 1. The molecule has 0 bridgehead atoms. The van der Waals surface area contributed by atoms with E-state index in [9.17, 15) is 9.59 Å². The van der Waals surface area contributed by atoms with E-state index in [-0.39, 0.29) is 11.8 Å². The summed E-state index contributed by atoms with van der Waals surface area (Å²) in [4.78, 5) is 27.3. The van der Waals surface area contributed by atoms with Crippen LogP contribution in [0.4, 0.5) is 5.69 Å². The molecule has 1 N–H and O–H groups in total. The molecule has 2 aromatic rings. The molecule has 0 spiro atoms. The molecule has 0 heterocycles. The van der Waals surface area contributed by atoms with Crippen molar-refractivity contribution in [3.05, 3.63) is 58.1 Å². The van der Waals surface area contributed by atoms with E-state index >= 15 is 0 Å². The third-order valence-corrected chi connectivity index (χ3v) is 5.35. The number of carbonyl (C=O) groups is 2. The van der Waals surface area contributed by atoms with Crippen LogP contribution in [0.5, 0.6) is 5.75 Å². The number of hydrogen-bond acceptors (Lipinski definition) is 3. The van der Waals surface area contributed by atoms with Crippen molar-refractivity contribution in [2.75, 3.05) is 25.0 Å². The van der Waals surface area contributed by atoms with Crippen molar-refractivity contribution in [2.24, 2.45) is 0 Å². The smallest absolute Gasteiger partial charge is 0.259 e. The minimum atomic E-state index is -0.271. The number of nitrogens with zero attached hydrogens (tertiary/aromatic N) is 1. The number of unbranched alkanes of at least 4 members (excludes halogenated alkanes) is 3. The Bertz CT molecular complexity index is 850. The average molecular weight is 475 g/mol. The first kappa shape index (κ1) is 23.9. The van der Waals surface area contributed by atoms with Crippen LogP contribution in [-0.2, 0) is 0 Å². The molecule has 162 valence electrons. The number of hydrogen-bond donors (Lipinski definition) is 1. The van der Waals surface area contributed by atoms with Crippen LogP contribution in [0.3, 0.4) is 0 Å². The summed E-state index contributed by atoms with van der Waals surface area (Å²) < 4.78 is 6.68. The van der Waals surface area contributed by atoms with Crippen LogP contribution in [-0.4, -0.2) is 36.4 Å². The third kappa shape index (κ3) is 6.87. The lowest BCUT2D eigenvalue weighted by atomic mass is 10.1. The molecular weight excluding hydrogens is 444 g/mol. The van der Waals surface area contributed by atoms with Gasteiger partial charge in [0.25, 0.3) is 11.8 Å². The number of benzene rings is 2. The molecule has 0 fully saturated rings. The summed E-state index contributed by atoms with van der Waals surface area (Å²) in [6, 6.07) is 12.4. The average Bonchev–Trinajstić information content (AvgIpc) is 2.75. The molecule has 6 heteroatoms. The highest BCUT2D eigenvalue weighted by atomic mass is 79.9. The molecule has 0 saturated carbocycles. The molecule has 0 aliphatic heterocycles. The first-order chi connectivity index (χ1) is 14.5. The van der Waals surface area contributed by atoms with Crippen molar-refractivity contribution in [2.45, 2.75) is 46.5 Å². The van der Waals surface area contributed by atoms with Gasteiger partial charge in [-0.2, -0.15) is 0 Å². The number of carbonyl (C=O) groups excluding carboxylic acids is 2. The van der Waals surface area contributed by atoms with Gasteiger partial charge in [0.05, 0.1) is 12.2 Å². The lowest BCUT2D eigenvalue weighted by Gasteiger charge is -2.19. The van der Waals surface area contributed by atoms with Gasteiger partial charge in [-0.1, -0.05) is 48.2 Å². The fraction of sp³-hybridized carbons (Fsp3) is 0.417. The number of nitrogens with one attached hydrogen (secondary N) is 1. The molecule has 0 radical (unpaired) electrons. The van der Waals surface area contributed by atoms with Crippen LogP contribution in [0.25, 0.3) is 0 Å². The van der Waals surface area contributed by atoms with E-state index < -0.39 is 0 Å². The van der Waals surface area contributed by atoms with Gasteiger partial charge in [0, 0.05) is 28.8 Å². The Kier molecular flexibility index (Phi) is 9.87. The van der Waals surface area contributed by atoms with Gasteiger partial charge in [-0.3, -0.25) is 9.59 Å². The molecule has 0 aliphatic carbocycles. The van der Waals surface area contributed by atoms with Gasteiger partial charge < -0.3 is 15.0 Å². The summed E-state index contributed by atoms with van der Waals surface area (Å²) in [5.74, 6) is 0.240. The largest absolute Gasteiger partial charge is 0.493 e. The lowest BCUT2D eigenvalue weighted by molar-refractivity contribution is 0.0772. The van der Waals surface area contributed by atoms with Crippen LogP contribution in [0.1, 0.15) is 67.2 Å². The van der Waals surface area contributed by atoms with Crippen molar-refractivity contribution < 1.29 is 14.3 Å². The Labute approximate surface area is 187 Å². The Hall–Kier alpha value is -2.34.